The molecule has 0 atom stereocenters. The average Bonchev–Trinajstić information content (AvgIpc) is 2.16. The van der Waals surface area contributed by atoms with Crippen molar-refractivity contribution in [3.63, 3.8) is 0 Å². The fourth-order valence-corrected chi connectivity index (χ4v) is 2.21. The van der Waals surface area contributed by atoms with E-state index in [0.29, 0.717) is 11.6 Å². The van der Waals surface area contributed by atoms with Crippen molar-refractivity contribution in [3.8, 4) is 0 Å². The third kappa shape index (κ3) is 2.34. The molecule has 15 heavy (non-hydrogen) atoms. The normalized spacial score (nSPS) is 24.4. The van der Waals surface area contributed by atoms with Crippen LogP contribution >= 0.6 is 12.6 Å². The standard InChI is InChI=1S/C12H15NOS/c1-8-6-9(7-8)13-12(14)10-4-2-3-5-11(10)15/h2-5,8-9,15H,6-7H2,1H3,(H,13,14). The summed E-state index contributed by atoms with van der Waals surface area (Å²) in [5.41, 5.74) is 0.667. The molecule has 0 heterocycles. The van der Waals surface area contributed by atoms with Crippen LogP contribution in [0.4, 0.5) is 0 Å². The molecule has 1 saturated carbocycles. The second-order valence-corrected chi connectivity index (χ2v) is 4.75. The maximum Gasteiger partial charge on any atom is 0.252 e. The molecule has 1 aromatic rings. The molecule has 1 aliphatic carbocycles. The van der Waals surface area contributed by atoms with Crippen LogP contribution in [0.3, 0.4) is 0 Å². The van der Waals surface area contributed by atoms with Gasteiger partial charge >= 0.3 is 0 Å². The van der Waals surface area contributed by atoms with Gasteiger partial charge in [0, 0.05) is 10.9 Å². The fourth-order valence-electron chi connectivity index (χ4n) is 1.95. The monoisotopic (exact) mass is 221 g/mol. The largest absolute Gasteiger partial charge is 0.349 e. The minimum atomic E-state index is -0.00231. The predicted octanol–water partition coefficient (Wildman–Crippen LogP) is 2.50. The maximum atomic E-state index is 11.8. The predicted molar refractivity (Wildman–Crippen MR) is 63.3 cm³/mol. The molecule has 0 aromatic heterocycles. The van der Waals surface area contributed by atoms with Crippen molar-refractivity contribution in [2.45, 2.75) is 30.7 Å². The van der Waals surface area contributed by atoms with Crippen molar-refractivity contribution in [2.24, 2.45) is 5.92 Å². The Kier molecular flexibility index (Phi) is 3.00. The topological polar surface area (TPSA) is 29.1 Å². The van der Waals surface area contributed by atoms with E-state index in [1.807, 2.05) is 18.2 Å². The zero-order valence-corrected chi connectivity index (χ0v) is 9.63. The highest BCUT2D eigenvalue weighted by molar-refractivity contribution is 7.80. The Morgan fingerprint density at radius 2 is 2.07 bits per heavy atom. The molecule has 0 radical (unpaired) electrons. The summed E-state index contributed by atoms with van der Waals surface area (Å²) in [7, 11) is 0. The van der Waals surface area contributed by atoms with E-state index in [4.69, 9.17) is 0 Å². The van der Waals surface area contributed by atoms with Crippen molar-refractivity contribution in [3.05, 3.63) is 29.8 Å². The van der Waals surface area contributed by atoms with Crippen LogP contribution in [0.1, 0.15) is 30.1 Å². The number of amides is 1. The molecule has 2 rings (SSSR count). The van der Waals surface area contributed by atoms with E-state index in [-0.39, 0.29) is 5.91 Å². The Bertz CT molecular complexity index is 372. The van der Waals surface area contributed by atoms with Crippen LogP contribution in [0.25, 0.3) is 0 Å². The molecule has 0 aliphatic heterocycles. The smallest absolute Gasteiger partial charge is 0.252 e. The van der Waals surface area contributed by atoms with E-state index >= 15 is 0 Å². The van der Waals surface area contributed by atoms with Gasteiger partial charge in [-0.1, -0.05) is 19.1 Å². The number of nitrogens with one attached hydrogen (secondary N) is 1. The van der Waals surface area contributed by atoms with Gasteiger partial charge in [-0.15, -0.1) is 12.6 Å². The summed E-state index contributed by atoms with van der Waals surface area (Å²) >= 11 is 4.26. The SMILES string of the molecule is CC1CC(NC(=O)c2ccccc2S)C1. The summed E-state index contributed by atoms with van der Waals surface area (Å²) < 4.78 is 0. The quantitative estimate of drug-likeness (QED) is 0.738. The second-order valence-electron chi connectivity index (χ2n) is 4.26. The molecule has 2 nitrogen and oxygen atoms in total. The van der Waals surface area contributed by atoms with Crippen molar-refractivity contribution in [1.82, 2.24) is 5.32 Å². The Hall–Kier alpha value is -0.960. The molecule has 3 heteroatoms. The zero-order chi connectivity index (χ0) is 10.8. The van der Waals surface area contributed by atoms with Gasteiger partial charge in [0.2, 0.25) is 0 Å². The van der Waals surface area contributed by atoms with Gasteiger partial charge in [-0.05, 0) is 30.9 Å². The summed E-state index contributed by atoms with van der Waals surface area (Å²) in [6.07, 6.45) is 2.20. The Morgan fingerprint density at radius 1 is 1.40 bits per heavy atom. The number of hydrogen-bond donors (Lipinski definition) is 2. The van der Waals surface area contributed by atoms with Crippen molar-refractivity contribution >= 4 is 18.5 Å². The summed E-state index contributed by atoms with van der Waals surface area (Å²) in [5, 5.41) is 3.02. The Balaban J connectivity index is 1.99. The van der Waals surface area contributed by atoms with Crippen LogP contribution in [-0.2, 0) is 0 Å². The average molecular weight is 221 g/mol. The molecule has 80 valence electrons. The molecule has 1 aromatic carbocycles. The first-order chi connectivity index (χ1) is 7.16. The number of hydrogen-bond acceptors (Lipinski definition) is 2. The minimum absolute atomic E-state index is 0.00231. The van der Waals surface area contributed by atoms with Gasteiger partial charge in [-0.25, -0.2) is 0 Å². The second kappa shape index (κ2) is 4.27. The number of thiol groups is 1. The Morgan fingerprint density at radius 3 is 2.67 bits per heavy atom. The molecule has 1 aliphatic rings. The first-order valence-electron chi connectivity index (χ1n) is 5.25. The van der Waals surface area contributed by atoms with Crippen molar-refractivity contribution in [1.29, 1.82) is 0 Å². The zero-order valence-electron chi connectivity index (χ0n) is 8.73. The summed E-state index contributed by atoms with van der Waals surface area (Å²) in [4.78, 5) is 12.6. The van der Waals surface area contributed by atoms with Gasteiger partial charge in [0.25, 0.3) is 5.91 Å². The van der Waals surface area contributed by atoms with E-state index in [9.17, 15) is 4.79 Å². The lowest BCUT2D eigenvalue weighted by molar-refractivity contribution is 0.0893. The lowest BCUT2D eigenvalue weighted by Gasteiger charge is -2.33. The molecule has 1 fully saturated rings. The van der Waals surface area contributed by atoms with E-state index in [0.717, 1.165) is 23.7 Å². The van der Waals surface area contributed by atoms with Crippen LogP contribution in [0.5, 0.6) is 0 Å². The molecule has 0 saturated heterocycles. The molecule has 1 N–H and O–H groups in total. The third-order valence-corrected chi connectivity index (χ3v) is 3.25. The molecule has 0 unspecified atom stereocenters. The molecular weight excluding hydrogens is 206 g/mol. The highest BCUT2D eigenvalue weighted by Gasteiger charge is 2.27. The molecular formula is C12H15NOS. The molecule has 0 spiro atoms. The van der Waals surface area contributed by atoms with Gasteiger partial charge in [-0.2, -0.15) is 0 Å². The number of benzene rings is 1. The summed E-state index contributed by atoms with van der Waals surface area (Å²) in [6.45, 7) is 2.20. The van der Waals surface area contributed by atoms with Crippen LogP contribution in [0, 0.1) is 5.92 Å². The minimum Gasteiger partial charge on any atom is -0.349 e. The molecule has 0 bridgehead atoms. The van der Waals surface area contributed by atoms with Crippen LogP contribution < -0.4 is 5.32 Å². The van der Waals surface area contributed by atoms with Gasteiger partial charge in [0.15, 0.2) is 0 Å². The molecule has 1 amide bonds. The lowest BCUT2D eigenvalue weighted by Crippen LogP contribution is -2.43. The summed E-state index contributed by atoms with van der Waals surface area (Å²) in [6, 6.07) is 7.74. The van der Waals surface area contributed by atoms with Crippen molar-refractivity contribution in [2.75, 3.05) is 0 Å². The van der Waals surface area contributed by atoms with Gasteiger partial charge in [0.1, 0.15) is 0 Å². The third-order valence-electron chi connectivity index (χ3n) is 2.86. The first-order valence-corrected chi connectivity index (χ1v) is 5.70. The van der Waals surface area contributed by atoms with Crippen LogP contribution in [0.2, 0.25) is 0 Å². The summed E-state index contributed by atoms with van der Waals surface area (Å²) in [5.74, 6) is 0.749. The van der Waals surface area contributed by atoms with E-state index in [2.05, 4.69) is 24.9 Å². The first kappa shape index (κ1) is 10.6. The van der Waals surface area contributed by atoms with E-state index in [1.54, 1.807) is 6.07 Å². The van der Waals surface area contributed by atoms with Gasteiger partial charge in [0.05, 0.1) is 5.56 Å². The fraction of sp³-hybridized carbons (Fsp3) is 0.417. The van der Waals surface area contributed by atoms with Crippen LogP contribution in [0.15, 0.2) is 29.2 Å². The van der Waals surface area contributed by atoms with Gasteiger partial charge in [-0.3, -0.25) is 4.79 Å². The lowest BCUT2D eigenvalue weighted by atomic mass is 9.82. The van der Waals surface area contributed by atoms with Crippen LogP contribution in [-0.4, -0.2) is 11.9 Å². The van der Waals surface area contributed by atoms with E-state index in [1.165, 1.54) is 0 Å². The number of carbonyl (C=O) groups excluding carboxylic acids is 1. The Labute approximate surface area is 95.5 Å². The number of rotatable bonds is 2. The highest BCUT2D eigenvalue weighted by atomic mass is 32.1. The maximum absolute atomic E-state index is 11.8. The van der Waals surface area contributed by atoms with Gasteiger partial charge < -0.3 is 5.32 Å². The highest BCUT2D eigenvalue weighted by Crippen LogP contribution is 2.26. The number of carbonyl (C=O) groups is 1. The van der Waals surface area contributed by atoms with Crippen molar-refractivity contribution < 1.29 is 4.79 Å². The van der Waals surface area contributed by atoms with E-state index < -0.39 is 0 Å².